The maximum absolute atomic E-state index is 13.2. The van der Waals surface area contributed by atoms with Crippen LogP contribution in [0.2, 0.25) is 0 Å². The smallest absolute Gasteiger partial charge is 0.267 e. The predicted octanol–water partition coefficient (Wildman–Crippen LogP) is 3.52. The molecule has 0 aromatic carbocycles. The molecule has 0 unspecified atom stereocenters. The second-order valence-corrected chi connectivity index (χ2v) is 9.13. The highest BCUT2D eigenvalue weighted by Gasteiger charge is 2.30. The lowest BCUT2D eigenvalue weighted by atomic mass is 9.87. The van der Waals surface area contributed by atoms with Gasteiger partial charge in [-0.15, -0.1) is 0 Å². The summed E-state index contributed by atoms with van der Waals surface area (Å²) in [7, 11) is 1.65. The van der Waals surface area contributed by atoms with E-state index in [9.17, 15) is 9.59 Å². The molecule has 4 rings (SSSR count). The Balaban J connectivity index is 1.79. The molecule has 6 nitrogen and oxygen atoms in total. The van der Waals surface area contributed by atoms with Crippen LogP contribution in [0.25, 0.3) is 11.7 Å². The molecule has 28 heavy (non-hydrogen) atoms. The lowest BCUT2D eigenvalue weighted by Crippen LogP contribution is -2.28. The molecule has 146 valence electrons. The van der Waals surface area contributed by atoms with Gasteiger partial charge in [-0.2, -0.15) is 0 Å². The number of pyridine rings is 1. The second kappa shape index (κ2) is 7.67. The Hall–Kier alpha value is -2.19. The number of likely N-dealkylation sites (N-methyl/N-ethyl adjacent to an activating group) is 1. The van der Waals surface area contributed by atoms with Crippen LogP contribution < -0.4 is 10.9 Å². The summed E-state index contributed by atoms with van der Waals surface area (Å²) in [6.45, 7) is 2.27. The lowest BCUT2D eigenvalue weighted by molar-refractivity contribution is -0.121. The molecule has 2 aliphatic rings. The largest absolute Gasteiger partial charge is 0.367 e. The molecule has 1 aliphatic carbocycles. The minimum absolute atomic E-state index is 0.190. The molecule has 0 radical (unpaired) electrons. The Morgan fingerprint density at radius 1 is 1.25 bits per heavy atom. The number of hydrogen-bond donors (Lipinski definition) is 1. The van der Waals surface area contributed by atoms with Gasteiger partial charge in [0.05, 0.1) is 10.5 Å². The zero-order valence-corrected chi connectivity index (χ0v) is 17.5. The van der Waals surface area contributed by atoms with E-state index in [4.69, 9.17) is 17.2 Å². The van der Waals surface area contributed by atoms with Gasteiger partial charge in [0.2, 0.25) is 0 Å². The van der Waals surface area contributed by atoms with Crippen LogP contribution in [0.4, 0.5) is 5.82 Å². The Kier molecular flexibility index (Phi) is 5.25. The first kappa shape index (κ1) is 19.1. The van der Waals surface area contributed by atoms with Crippen molar-refractivity contribution in [2.45, 2.75) is 38.6 Å². The van der Waals surface area contributed by atoms with Crippen molar-refractivity contribution in [1.29, 1.82) is 0 Å². The molecule has 8 heteroatoms. The van der Waals surface area contributed by atoms with E-state index in [1.807, 2.05) is 12.1 Å². The van der Waals surface area contributed by atoms with Gasteiger partial charge >= 0.3 is 0 Å². The van der Waals surface area contributed by atoms with E-state index in [0.29, 0.717) is 26.3 Å². The summed E-state index contributed by atoms with van der Waals surface area (Å²) >= 11 is 6.42. The van der Waals surface area contributed by atoms with Crippen LogP contribution >= 0.6 is 24.0 Å². The average molecular weight is 415 g/mol. The molecule has 0 bridgehead atoms. The molecule has 3 heterocycles. The van der Waals surface area contributed by atoms with E-state index in [-0.39, 0.29) is 17.5 Å². The van der Waals surface area contributed by atoms with E-state index in [0.717, 1.165) is 31.6 Å². The second-order valence-electron chi connectivity index (χ2n) is 7.45. The monoisotopic (exact) mass is 414 g/mol. The number of carbonyl (C=O) groups is 1. The Morgan fingerprint density at radius 3 is 2.68 bits per heavy atom. The zero-order valence-electron chi connectivity index (χ0n) is 15.8. The molecule has 1 saturated heterocycles. The maximum Gasteiger partial charge on any atom is 0.267 e. The molecule has 2 aromatic rings. The van der Waals surface area contributed by atoms with Gasteiger partial charge in [-0.1, -0.05) is 37.0 Å². The number of amides is 1. The summed E-state index contributed by atoms with van der Waals surface area (Å²) in [5.74, 6) is 1.08. The predicted molar refractivity (Wildman–Crippen MR) is 117 cm³/mol. The average Bonchev–Trinajstić information content (AvgIpc) is 2.93. The van der Waals surface area contributed by atoms with Gasteiger partial charge in [-0.3, -0.25) is 18.9 Å². The molecule has 2 fully saturated rings. The van der Waals surface area contributed by atoms with Crippen LogP contribution in [0.5, 0.6) is 0 Å². The van der Waals surface area contributed by atoms with Crippen molar-refractivity contribution < 1.29 is 4.79 Å². The molecular formula is C20H22N4O2S2. The third kappa shape index (κ3) is 3.58. The maximum atomic E-state index is 13.2. The standard InChI is InChI=1S/C20H22N4O2S2/c1-12-6-8-13(9-7-12)21-17-14(11-15-19(26)23(2)20(27)28-15)18(25)24-10-4-3-5-16(24)22-17/h3-5,10-13,21H,6-9H2,1-2H3. The number of aromatic nitrogens is 2. The highest BCUT2D eigenvalue weighted by atomic mass is 32.2. The first-order valence-electron chi connectivity index (χ1n) is 9.43. The number of anilines is 1. The molecule has 1 amide bonds. The van der Waals surface area contributed by atoms with E-state index in [1.165, 1.54) is 21.1 Å². The molecular weight excluding hydrogens is 392 g/mol. The van der Waals surface area contributed by atoms with Gasteiger partial charge in [0, 0.05) is 19.3 Å². The van der Waals surface area contributed by atoms with Crippen LogP contribution in [-0.2, 0) is 4.79 Å². The van der Waals surface area contributed by atoms with Crippen molar-refractivity contribution in [3.8, 4) is 0 Å². The molecule has 1 aliphatic heterocycles. The van der Waals surface area contributed by atoms with Gasteiger partial charge < -0.3 is 5.32 Å². The molecule has 2 aromatic heterocycles. The number of nitrogens with zero attached hydrogens (tertiary/aromatic N) is 3. The summed E-state index contributed by atoms with van der Waals surface area (Å²) in [6.07, 6.45) is 7.74. The number of rotatable bonds is 3. The summed E-state index contributed by atoms with van der Waals surface area (Å²) in [4.78, 5) is 32.2. The molecule has 1 saturated carbocycles. The van der Waals surface area contributed by atoms with Crippen molar-refractivity contribution in [2.75, 3.05) is 12.4 Å². The van der Waals surface area contributed by atoms with Gasteiger partial charge in [0.15, 0.2) is 0 Å². The number of nitrogens with one attached hydrogen (secondary N) is 1. The number of thiocarbonyl (C=S) groups is 1. The number of carbonyl (C=O) groups excluding carboxylic acids is 1. The normalized spacial score (nSPS) is 24.4. The molecule has 0 atom stereocenters. The first-order chi connectivity index (χ1) is 13.4. The third-order valence-corrected chi connectivity index (χ3v) is 6.87. The summed E-state index contributed by atoms with van der Waals surface area (Å²) < 4.78 is 1.99. The highest BCUT2D eigenvalue weighted by Crippen LogP contribution is 2.32. The van der Waals surface area contributed by atoms with Crippen molar-refractivity contribution in [2.24, 2.45) is 5.92 Å². The quantitative estimate of drug-likeness (QED) is 0.612. The van der Waals surface area contributed by atoms with E-state index < -0.39 is 0 Å². The number of fused-ring (bicyclic) bond motifs is 1. The summed E-state index contributed by atoms with van der Waals surface area (Å²) in [6, 6.07) is 5.74. The molecule has 1 N–H and O–H groups in total. The van der Waals surface area contributed by atoms with Gasteiger partial charge in [-0.25, -0.2) is 4.98 Å². The lowest BCUT2D eigenvalue weighted by Gasteiger charge is -2.27. The Bertz CT molecular complexity index is 1040. The van der Waals surface area contributed by atoms with Crippen LogP contribution in [0, 0.1) is 5.92 Å². The highest BCUT2D eigenvalue weighted by molar-refractivity contribution is 8.26. The fourth-order valence-corrected chi connectivity index (χ4v) is 4.78. The Labute approximate surface area is 173 Å². The summed E-state index contributed by atoms with van der Waals surface area (Å²) in [5, 5.41) is 3.48. The molecule has 0 spiro atoms. The van der Waals surface area contributed by atoms with Crippen molar-refractivity contribution in [3.63, 3.8) is 0 Å². The topological polar surface area (TPSA) is 66.7 Å². The van der Waals surface area contributed by atoms with Gasteiger partial charge in [0.1, 0.15) is 15.8 Å². The fraction of sp³-hybridized carbons (Fsp3) is 0.400. The van der Waals surface area contributed by atoms with Crippen LogP contribution in [0.1, 0.15) is 38.2 Å². The van der Waals surface area contributed by atoms with Crippen molar-refractivity contribution in [3.05, 3.63) is 45.2 Å². The van der Waals surface area contributed by atoms with E-state index in [2.05, 4.69) is 12.2 Å². The Morgan fingerprint density at radius 2 is 2.00 bits per heavy atom. The van der Waals surface area contributed by atoms with E-state index >= 15 is 0 Å². The fourth-order valence-electron chi connectivity index (χ4n) is 3.62. The van der Waals surface area contributed by atoms with Crippen LogP contribution in [0.3, 0.4) is 0 Å². The minimum Gasteiger partial charge on any atom is -0.367 e. The number of hydrogen-bond acceptors (Lipinski definition) is 6. The summed E-state index contributed by atoms with van der Waals surface area (Å²) in [5.41, 5.74) is 0.786. The minimum atomic E-state index is -0.196. The number of thioether (sulfide) groups is 1. The van der Waals surface area contributed by atoms with Crippen LogP contribution in [-0.4, -0.2) is 37.6 Å². The first-order valence-corrected chi connectivity index (χ1v) is 10.7. The van der Waals surface area contributed by atoms with E-state index in [1.54, 1.807) is 25.4 Å². The van der Waals surface area contributed by atoms with Gasteiger partial charge in [-0.05, 0) is 49.8 Å². The third-order valence-electron chi connectivity index (χ3n) is 5.39. The van der Waals surface area contributed by atoms with Crippen molar-refractivity contribution in [1.82, 2.24) is 14.3 Å². The van der Waals surface area contributed by atoms with Crippen molar-refractivity contribution >= 4 is 51.7 Å². The van der Waals surface area contributed by atoms with Crippen LogP contribution in [0.15, 0.2) is 34.1 Å². The zero-order chi connectivity index (χ0) is 19.8. The van der Waals surface area contributed by atoms with Gasteiger partial charge in [0.25, 0.3) is 11.5 Å². The SMILES string of the molecule is CC1CCC(Nc2nc3ccccn3c(=O)c2C=C2SC(=S)N(C)C2=O)CC1.